The first-order valence-electron chi connectivity index (χ1n) is 7.44. The van der Waals surface area contributed by atoms with Gasteiger partial charge in [0, 0.05) is 0 Å². The van der Waals surface area contributed by atoms with Crippen LogP contribution in [0.2, 0.25) is 0 Å². The molecule has 1 aliphatic heterocycles. The molecule has 6 nitrogen and oxygen atoms in total. The number of nitrogens with zero attached hydrogens (tertiary/aromatic N) is 4. The molecule has 1 aromatic carbocycles. The first kappa shape index (κ1) is 11.4. The summed E-state index contributed by atoms with van der Waals surface area (Å²) in [7, 11) is 0. The highest BCUT2D eigenvalue weighted by atomic mass is 16.2. The fourth-order valence-electron chi connectivity index (χ4n) is 4.58. The molecular formula is C15H14N4O2. The van der Waals surface area contributed by atoms with Gasteiger partial charge in [0.15, 0.2) is 0 Å². The summed E-state index contributed by atoms with van der Waals surface area (Å²) in [6, 6.07) is 7.38. The highest BCUT2D eigenvalue weighted by Gasteiger charge is 2.61. The molecule has 2 saturated carbocycles. The molecule has 5 rings (SSSR count). The van der Waals surface area contributed by atoms with Gasteiger partial charge in [-0.25, -0.2) is 0 Å². The fourth-order valence-corrected chi connectivity index (χ4v) is 4.58. The number of hydrogen-bond donors (Lipinski definition) is 0. The van der Waals surface area contributed by atoms with Crippen molar-refractivity contribution in [2.45, 2.75) is 19.3 Å². The topological polar surface area (TPSA) is 68.1 Å². The number of amides is 2. The lowest BCUT2D eigenvalue weighted by atomic mass is 9.81. The van der Waals surface area contributed by atoms with Gasteiger partial charge in [-0.15, -0.1) is 9.89 Å². The van der Waals surface area contributed by atoms with Crippen molar-refractivity contribution in [3.63, 3.8) is 0 Å². The van der Waals surface area contributed by atoms with E-state index in [2.05, 4.69) is 10.3 Å². The lowest BCUT2D eigenvalue weighted by molar-refractivity contribution is -0.125. The molecular weight excluding hydrogens is 268 g/mol. The summed E-state index contributed by atoms with van der Waals surface area (Å²) >= 11 is 0. The Morgan fingerprint density at radius 1 is 1.00 bits per heavy atom. The molecule has 2 bridgehead atoms. The molecule has 106 valence electrons. The standard InChI is InChI=1S/C15H14N4O2/c20-14-12-8-5-6-9(7-8)13(12)15(21)18(14)19-11-4-2-1-3-10(11)16-17-19/h1-4,8-9,12-13H,5-7H2/t8-,9+,12-,13+. The average Bonchev–Trinajstić information content (AvgIpc) is 3.23. The zero-order valence-electron chi connectivity index (χ0n) is 11.3. The minimum absolute atomic E-state index is 0.0900. The van der Waals surface area contributed by atoms with Crippen LogP contribution >= 0.6 is 0 Å². The molecule has 6 heteroatoms. The van der Waals surface area contributed by atoms with Gasteiger partial charge >= 0.3 is 0 Å². The van der Waals surface area contributed by atoms with Gasteiger partial charge in [-0.3, -0.25) is 9.59 Å². The van der Waals surface area contributed by atoms with Crippen molar-refractivity contribution in [3.05, 3.63) is 24.3 Å². The summed E-state index contributed by atoms with van der Waals surface area (Å²) in [6.07, 6.45) is 3.20. The van der Waals surface area contributed by atoms with Crippen LogP contribution in [0.5, 0.6) is 0 Å². The van der Waals surface area contributed by atoms with Crippen molar-refractivity contribution < 1.29 is 9.59 Å². The van der Waals surface area contributed by atoms with Crippen LogP contribution in [0.3, 0.4) is 0 Å². The van der Waals surface area contributed by atoms with E-state index in [4.69, 9.17) is 0 Å². The predicted octanol–water partition coefficient (Wildman–Crippen LogP) is 1.10. The van der Waals surface area contributed by atoms with E-state index < -0.39 is 0 Å². The Morgan fingerprint density at radius 3 is 2.38 bits per heavy atom. The Labute approximate surface area is 120 Å². The molecule has 0 unspecified atom stereocenters. The van der Waals surface area contributed by atoms with Crippen LogP contribution in [0.25, 0.3) is 11.0 Å². The highest BCUT2D eigenvalue weighted by molar-refractivity contribution is 6.17. The number of hydrogen-bond acceptors (Lipinski definition) is 4. The molecule has 21 heavy (non-hydrogen) atoms. The van der Waals surface area contributed by atoms with E-state index in [1.54, 1.807) is 0 Å². The SMILES string of the molecule is O=C1[C@@H]2[C@@H]3CC[C@@H](C3)[C@@H]2C(=O)N1n1nnc2ccccc21. The lowest BCUT2D eigenvalue weighted by Crippen LogP contribution is -2.42. The van der Waals surface area contributed by atoms with E-state index in [1.807, 2.05) is 24.3 Å². The molecule has 2 aliphatic carbocycles. The second kappa shape index (κ2) is 3.69. The maximum Gasteiger partial charge on any atom is 0.254 e. The van der Waals surface area contributed by atoms with Crippen LogP contribution in [0.1, 0.15) is 19.3 Å². The summed E-state index contributed by atoms with van der Waals surface area (Å²) in [4.78, 5) is 26.9. The Hall–Kier alpha value is -2.24. The molecule has 3 fully saturated rings. The Bertz CT molecular complexity index is 755. The first-order chi connectivity index (χ1) is 10.3. The minimum Gasteiger partial charge on any atom is -0.272 e. The van der Waals surface area contributed by atoms with Crippen LogP contribution in [0.15, 0.2) is 24.3 Å². The number of benzene rings is 1. The van der Waals surface area contributed by atoms with Gasteiger partial charge in [0.2, 0.25) is 0 Å². The number of fused-ring (bicyclic) bond motifs is 6. The van der Waals surface area contributed by atoms with Gasteiger partial charge in [0.25, 0.3) is 11.8 Å². The van der Waals surface area contributed by atoms with E-state index in [0.29, 0.717) is 22.9 Å². The predicted molar refractivity (Wildman–Crippen MR) is 73.6 cm³/mol. The molecule has 2 aromatic rings. The number of imide groups is 1. The van der Waals surface area contributed by atoms with Crippen LogP contribution < -0.4 is 5.01 Å². The zero-order valence-corrected chi connectivity index (χ0v) is 11.3. The number of rotatable bonds is 1. The van der Waals surface area contributed by atoms with Crippen molar-refractivity contribution in [1.29, 1.82) is 0 Å². The normalized spacial score (nSPS) is 34.2. The number of carbonyl (C=O) groups excluding carboxylic acids is 2. The summed E-state index contributed by atoms with van der Waals surface area (Å²) in [5.41, 5.74) is 1.39. The van der Waals surface area contributed by atoms with Gasteiger partial charge < -0.3 is 0 Å². The number of para-hydroxylation sites is 1. The summed E-state index contributed by atoms with van der Waals surface area (Å²) in [6.45, 7) is 0. The van der Waals surface area contributed by atoms with E-state index in [-0.39, 0.29) is 23.7 Å². The van der Waals surface area contributed by atoms with Crippen LogP contribution in [0, 0.1) is 23.7 Å². The minimum atomic E-state index is -0.126. The third-order valence-electron chi connectivity index (χ3n) is 5.43. The molecule has 4 atom stereocenters. The molecule has 2 amide bonds. The first-order valence-corrected chi connectivity index (χ1v) is 7.44. The molecule has 1 aromatic heterocycles. The van der Waals surface area contributed by atoms with Crippen LogP contribution in [-0.4, -0.2) is 26.9 Å². The van der Waals surface area contributed by atoms with Gasteiger partial charge in [-0.1, -0.05) is 12.1 Å². The fraction of sp³-hybridized carbons (Fsp3) is 0.467. The summed E-state index contributed by atoms with van der Waals surface area (Å²) in [5.74, 6) is 0.339. The Balaban J connectivity index is 1.64. The van der Waals surface area contributed by atoms with Crippen molar-refractivity contribution in [2.24, 2.45) is 23.7 Å². The van der Waals surface area contributed by atoms with Crippen molar-refractivity contribution in [1.82, 2.24) is 15.1 Å². The lowest BCUT2D eigenvalue weighted by Gasteiger charge is -2.18. The molecule has 1 saturated heterocycles. The third-order valence-corrected chi connectivity index (χ3v) is 5.43. The van der Waals surface area contributed by atoms with Gasteiger partial charge in [-0.2, -0.15) is 5.01 Å². The number of carbonyl (C=O) groups is 2. The van der Waals surface area contributed by atoms with Crippen LogP contribution in [-0.2, 0) is 9.59 Å². The van der Waals surface area contributed by atoms with Crippen molar-refractivity contribution in [3.8, 4) is 0 Å². The Kier molecular flexibility index (Phi) is 2.01. The van der Waals surface area contributed by atoms with Gasteiger partial charge in [0.05, 0.1) is 11.8 Å². The number of aromatic nitrogens is 3. The van der Waals surface area contributed by atoms with Gasteiger partial charge in [0.1, 0.15) is 11.0 Å². The summed E-state index contributed by atoms with van der Waals surface area (Å²) in [5, 5.41) is 9.30. The quantitative estimate of drug-likeness (QED) is 0.734. The molecule has 3 aliphatic rings. The molecule has 2 heterocycles. The molecule has 0 radical (unpaired) electrons. The second-order valence-corrected chi connectivity index (χ2v) is 6.34. The van der Waals surface area contributed by atoms with Crippen LogP contribution in [0.4, 0.5) is 0 Å². The zero-order chi connectivity index (χ0) is 14.1. The highest BCUT2D eigenvalue weighted by Crippen LogP contribution is 2.55. The summed E-state index contributed by atoms with van der Waals surface area (Å²) < 4.78 is 0. The van der Waals surface area contributed by atoms with Gasteiger partial charge in [-0.05, 0) is 48.4 Å². The third kappa shape index (κ3) is 1.28. The largest absolute Gasteiger partial charge is 0.272 e. The van der Waals surface area contributed by atoms with E-state index in [9.17, 15) is 9.59 Å². The van der Waals surface area contributed by atoms with E-state index in [0.717, 1.165) is 19.3 Å². The maximum absolute atomic E-state index is 12.7. The van der Waals surface area contributed by atoms with E-state index in [1.165, 1.54) is 9.80 Å². The molecule has 0 N–H and O–H groups in total. The second-order valence-electron chi connectivity index (χ2n) is 6.34. The maximum atomic E-state index is 12.7. The average molecular weight is 282 g/mol. The smallest absolute Gasteiger partial charge is 0.254 e. The monoisotopic (exact) mass is 282 g/mol. The Morgan fingerprint density at radius 2 is 1.67 bits per heavy atom. The molecule has 0 spiro atoms. The van der Waals surface area contributed by atoms with Crippen molar-refractivity contribution >= 4 is 22.8 Å². The van der Waals surface area contributed by atoms with E-state index >= 15 is 0 Å². The van der Waals surface area contributed by atoms with Crippen molar-refractivity contribution in [2.75, 3.05) is 5.01 Å².